The first-order chi connectivity index (χ1) is 11.3. The highest BCUT2D eigenvalue weighted by Crippen LogP contribution is 2.39. The van der Waals surface area contributed by atoms with E-state index < -0.39 is 0 Å². The molecule has 0 radical (unpaired) electrons. The van der Waals surface area contributed by atoms with E-state index in [4.69, 9.17) is 14.2 Å². The van der Waals surface area contributed by atoms with E-state index in [1.807, 2.05) is 30.3 Å². The quantitative estimate of drug-likeness (QED) is 0.483. The number of carbonyl (C=O) groups is 1. The van der Waals surface area contributed by atoms with Crippen LogP contribution in [0.3, 0.4) is 0 Å². The van der Waals surface area contributed by atoms with E-state index in [0.29, 0.717) is 18.8 Å². The molecule has 2 aromatic carbocycles. The molecule has 2 aromatic rings. The summed E-state index contributed by atoms with van der Waals surface area (Å²) in [5.41, 5.74) is 0. The fraction of sp³-hybridized carbons (Fsp3) is 0.421. The number of carbonyl (C=O) groups excluding carboxylic acids is 1. The molecule has 2 aliphatic rings. The van der Waals surface area contributed by atoms with E-state index >= 15 is 0 Å². The maximum absolute atomic E-state index is 12.1. The molecule has 0 N–H and O–H groups in total. The van der Waals surface area contributed by atoms with Gasteiger partial charge in [-0.05, 0) is 30.7 Å². The standard InChI is InChI=1S/C19H20O4/c20-19(14-8-9-17-18(12-14)23-17)22-11-10-21-16-7-3-5-13-4-1-2-6-15(13)16/h1-7,14,17-18H,8-12H2. The van der Waals surface area contributed by atoms with E-state index in [9.17, 15) is 4.79 Å². The third-order valence-corrected chi connectivity index (χ3v) is 4.67. The minimum atomic E-state index is -0.111. The number of hydrogen-bond donors (Lipinski definition) is 0. The second kappa shape index (κ2) is 6.20. The number of fused-ring (bicyclic) bond motifs is 2. The van der Waals surface area contributed by atoms with Gasteiger partial charge in [0.15, 0.2) is 0 Å². The third kappa shape index (κ3) is 3.17. The summed E-state index contributed by atoms with van der Waals surface area (Å²) >= 11 is 0. The van der Waals surface area contributed by atoms with Crippen molar-refractivity contribution in [1.29, 1.82) is 0 Å². The first kappa shape index (κ1) is 14.5. The molecule has 1 saturated heterocycles. The molecular weight excluding hydrogens is 292 g/mol. The maximum atomic E-state index is 12.1. The highest BCUT2D eigenvalue weighted by molar-refractivity contribution is 5.88. The average Bonchev–Trinajstić information content (AvgIpc) is 3.37. The lowest BCUT2D eigenvalue weighted by molar-refractivity contribution is -0.150. The predicted octanol–water partition coefficient (Wildman–Crippen LogP) is 3.33. The van der Waals surface area contributed by atoms with Crippen LogP contribution in [0.2, 0.25) is 0 Å². The van der Waals surface area contributed by atoms with Crippen molar-refractivity contribution in [1.82, 2.24) is 0 Å². The minimum Gasteiger partial charge on any atom is -0.489 e. The SMILES string of the molecule is O=C(OCCOc1cccc2ccccc12)C1CCC2OC2C1. The number of epoxide rings is 1. The van der Waals surface area contributed by atoms with Crippen molar-refractivity contribution in [3.63, 3.8) is 0 Å². The summed E-state index contributed by atoms with van der Waals surface area (Å²) in [6.07, 6.45) is 3.39. The van der Waals surface area contributed by atoms with E-state index in [1.165, 1.54) is 0 Å². The predicted molar refractivity (Wildman–Crippen MR) is 86.4 cm³/mol. The van der Waals surface area contributed by atoms with Gasteiger partial charge in [0.2, 0.25) is 0 Å². The Bertz CT molecular complexity index is 706. The zero-order valence-corrected chi connectivity index (χ0v) is 12.9. The minimum absolute atomic E-state index is 0.00342. The van der Waals surface area contributed by atoms with Gasteiger partial charge in [-0.3, -0.25) is 4.79 Å². The molecule has 0 aromatic heterocycles. The Balaban J connectivity index is 1.27. The van der Waals surface area contributed by atoms with Gasteiger partial charge >= 0.3 is 5.97 Å². The zero-order chi connectivity index (χ0) is 15.6. The van der Waals surface area contributed by atoms with Crippen molar-refractivity contribution < 1.29 is 19.0 Å². The molecule has 2 fully saturated rings. The Kier molecular flexibility index (Phi) is 3.92. The normalized spacial score (nSPS) is 25.7. The van der Waals surface area contributed by atoms with Crippen LogP contribution >= 0.6 is 0 Å². The third-order valence-electron chi connectivity index (χ3n) is 4.67. The van der Waals surface area contributed by atoms with Crippen molar-refractivity contribution in [3.8, 4) is 5.75 Å². The molecule has 0 bridgehead atoms. The van der Waals surface area contributed by atoms with E-state index in [-0.39, 0.29) is 18.5 Å². The van der Waals surface area contributed by atoms with Gasteiger partial charge in [-0.15, -0.1) is 0 Å². The van der Waals surface area contributed by atoms with Gasteiger partial charge in [-0.2, -0.15) is 0 Å². The van der Waals surface area contributed by atoms with Crippen molar-refractivity contribution in [2.75, 3.05) is 13.2 Å². The van der Waals surface area contributed by atoms with E-state index in [1.54, 1.807) is 0 Å². The van der Waals surface area contributed by atoms with Crippen LogP contribution < -0.4 is 4.74 Å². The Morgan fingerprint density at radius 2 is 1.91 bits per heavy atom. The fourth-order valence-electron chi connectivity index (χ4n) is 3.35. The summed E-state index contributed by atoms with van der Waals surface area (Å²) in [5, 5.41) is 2.22. The largest absolute Gasteiger partial charge is 0.489 e. The summed E-state index contributed by atoms with van der Waals surface area (Å²) in [6.45, 7) is 0.655. The molecule has 1 saturated carbocycles. The first-order valence-corrected chi connectivity index (χ1v) is 8.24. The summed E-state index contributed by atoms with van der Waals surface area (Å²) in [4.78, 5) is 12.1. The lowest BCUT2D eigenvalue weighted by Gasteiger charge is -2.17. The van der Waals surface area contributed by atoms with Crippen LogP contribution in [-0.4, -0.2) is 31.4 Å². The van der Waals surface area contributed by atoms with E-state index in [2.05, 4.69) is 12.1 Å². The highest BCUT2D eigenvalue weighted by atomic mass is 16.6. The van der Waals surface area contributed by atoms with Crippen LogP contribution in [0.15, 0.2) is 42.5 Å². The smallest absolute Gasteiger partial charge is 0.309 e. The van der Waals surface area contributed by atoms with E-state index in [0.717, 1.165) is 35.8 Å². The van der Waals surface area contributed by atoms with Gasteiger partial charge in [-0.1, -0.05) is 36.4 Å². The zero-order valence-electron chi connectivity index (χ0n) is 12.9. The number of hydrogen-bond acceptors (Lipinski definition) is 4. The molecule has 0 spiro atoms. The number of rotatable bonds is 5. The van der Waals surface area contributed by atoms with Gasteiger partial charge in [-0.25, -0.2) is 0 Å². The van der Waals surface area contributed by atoms with Crippen LogP contribution in [0.1, 0.15) is 19.3 Å². The van der Waals surface area contributed by atoms with Crippen molar-refractivity contribution in [2.45, 2.75) is 31.5 Å². The second-order valence-corrected chi connectivity index (χ2v) is 6.22. The summed E-state index contributed by atoms with van der Waals surface area (Å²) < 4.78 is 16.6. The number of ether oxygens (including phenoxy) is 3. The Morgan fingerprint density at radius 3 is 2.83 bits per heavy atom. The highest BCUT2D eigenvalue weighted by Gasteiger charge is 2.46. The van der Waals surface area contributed by atoms with Gasteiger partial charge < -0.3 is 14.2 Å². The first-order valence-electron chi connectivity index (χ1n) is 8.24. The van der Waals surface area contributed by atoms with Crippen molar-refractivity contribution in [3.05, 3.63) is 42.5 Å². The average molecular weight is 312 g/mol. The Labute approximate surface area is 135 Å². The molecular formula is C19H20O4. The molecule has 4 nitrogen and oxygen atoms in total. The van der Waals surface area contributed by atoms with Crippen LogP contribution in [0.4, 0.5) is 0 Å². The molecule has 120 valence electrons. The molecule has 1 heterocycles. The van der Waals surface area contributed by atoms with Gasteiger partial charge in [0.05, 0.1) is 18.1 Å². The molecule has 1 aliphatic heterocycles. The molecule has 0 amide bonds. The fourth-order valence-corrected chi connectivity index (χ4v) is 3.35. The van der Waals surface area contributed by atoms with Gasteiger partial charge in [0, 0.05) is 5.39 Å². The Morgan fingerprint density at radius 1 is 1.04 bits per heavy atom. The molecule has 1 aliphatic carbocycles. The molecule has 3 unspecified atom stereocenters. The molecule has 4 heteroatoms. The van der Waals surface area contributed by atoms with Crippen LogP contribution in [0, 0.1) is 5.92 Å². The van der Waals surface area contributed by atoms with Crippen molar-refractivity contribution in [2.24, 2.45) is 5.92 Å². The molecule has 4 rings (SSSR count). The van der Waals surface area contributed by atoms with Gasteiger partial charge in [0.1, 0.15) is 19.0 Å². The topological polar surface area (TPSA) is 48.1 Å². The second-order valence-electron chi connectivity index (χ2n) is 6.22. The monoisotopic (exact) mass is 312 g/mol. The van der Waals surface area contributed by atoms with Crippen LogP contribution in [0.25, 0.3) is 10.8 Å². The summed E-state index contributed by atoms with van der Waals surface area (Å²) in [5.74, 6) is 0.711. The molecule has 3 atom stereocenters. The number of benzene rings is 2. The van der Waals surface area contributed by atoms with Crippen molar-refractivity contribution >= 4 is 16.7 Å². The summed E-state index contributed by atoms with van der Waals surface area (Å²) in [7, 11) is 0. The van der Waals surface area contributed by atoms with Crippen LogP contribution in [-0.2, 0) is 14.3 Å². The lowest BCUT2D eigenvalue weighted by Crippen LogP contribution is -2.25. The summed E-state index contributed by atoms with van der Waals surface area (Å²) in [6, 6.07) is 14.0. The van der Waals surface area contributed by atoms with Gasteiger partial charge in [0.25, 0.3) is 0 Å². The number of esters is 1. The Hall–Kier alpha value is -2.07. The molecule has 23 heavy (non-hydrogen) atoms. The van der Waals surface area contributed by atoms with Crippen LogP contribution in [0.5, 0.6) is 5.75 Å². The lowest BCUT2D eigenvalue weighted by atomic mass is 9.89. The maximum Gasteiger partial charge on any atom is 0.309 e.